The minimum absolute atomic E-state index is 0.130. The molecule has 72 valence electrons. The fourth-order valence-corrected chi connectivity index (χ4v) is 4.03. The number of hydrogen-bond acceptors (Lipinski definition) is 1. The second kappa shape index (κ2) is 4.07. The molecular weight excluding hydrogens is 176 g/mol. The van der Waals surface area contributed by atoms with Crippen LogP contribution in [0.1, 0.15) is 13.3 Å². The van der Waals surface area contributed by atoms with Gasteiger partial charge in [-0.3, -0.25) is 0 Å². The summed E-state index contributed by atoms with van der Waals surface area (Å²) in [5, 5.41) is 11.2. The average Bonchev–Trinajstić information content (AvgIpc) is 2.18. The molecule has 1 nitrogen and oxygen atoms in total. The van der Waals surface area contributed by atoms with E-state index in [1.165, 1.54) is 5.19 Å². The summed E-state index contributed by atoms with van der Waals surface area (Å²) in [5.41, 5.74) is -0.130. The quantitative estimate of drug-likeness (QED) is 0.729. The molecule has 1 rings (SSSR count). The highest BCUT2D eigenvalue weighted by atomic mass is 28.3. The SMILES string of the molecule is CC[C@@H](O)[Si](C)(C)c1ccccc1. The van der Waals surface area contributed by atoms with Crippen molar-refractivity contribution in [1.29, 1.82) is 0 Å². The first-order valence-electron chi connectivity index (χ1n) is 4.82. The molecule has 0 aliphatic rings. The molecule has 0 aromatic heterocycles. The molecule has 0 unspecified atom stereocenters. The van der Waals surface area contributed by atoms with E-state index in [1.54, 1.807) is 0 Å². The first-order chi connectivity index (χ1) is 6.09. The molecule has 0 radical (unpaired) electrons. The van der Waals surface area contributed by atoms with E-state index in [2.05, 4.69) is 25.2 Å². The Labute approximate surface area is 81.4 Å². The van der Waals surface area contributed by atoms with Crippen molar-refractivity contribution in [2.24, 2.45) is 0 Å². The fraction of sp³-hybridized carbons (Fsp3) is 0.455. The highest BCUT2D eigenvalue weighted by molar-refractivity contribution is 6.90. The Hall–Kier alpha value is -0.603. The normalized spacial score (nSPS) is 14.2. The molecule has 2 heteroatoms. The van der Waals surface area contributed by atoms with Crippen LogP contribution in [0.15, 0.2) is 30.3 Å². The zero-order valence-electron chi connectivity index (χ0n) is 8.62. The summed E-state index contributed by atoms with van der Waals surface area (Å²) in [6.07, 6.45) is 0.855. The molecule has 0 amide bonds. The zero-order valence-corrected chi connectivity index (χ0v) is 9.62. The van der Waals surface area contributed by atoms with E-state index in [9.17, 15) is 5.11 Å². The molecule has 1 aromatic rings. The van der Waals surface area contributed by atoms with Crippen LogP contribution in [-0.2, 0) is 0 Å². The average molecular weight is 194 g/mol. The van der Waals surface area contributed by atoms with Crippen molar-refractivity contribution in [3.05, 3.63) is 30.3 Å². The molecule has 1 atom stereocenters. The Morgan fingerprint density at radius 1 is 1.23 bits per heavy atom. The fourth-order valence-electron chi connectivity index (χ4n) is 1.57. The van der Waals surface area contributed by atoms with Gasteiger partial charge in [0.2, 0.25) is 0 Å². The van der Waals surface area contributed by atoms with E-state index >= 15 is 0 Å². The standard InChI is InChI=1S/C11H18OSi/c1-4-11(12)13(2,3)10-8-6-5-7-9-10/h5-9,11-12H,4H2,1-3H3/t11-/m0/s1. The van der Waals surface area contributed by atoms with Crippen molar-refractivity contribution in [3.8, 4) is 0 Å². The van der Waals surface area contributed by atoms with Gasteiger partial charge < -0.3 is 5.11 Å². The van der Waals surface area contributed by atoms with Crippen LogP contribution in [-0.4, -0.2) is 18.9 Å². The van der Waals surface area contributed by atoms with Crippen LogP contribution >= 0.6 is 0 Å². The Kier molecular flexibility index (Phi) is 3.28. The van der Waals surface area contributed by atoms with Crippen LogP contribution in [0.5, 0.6) is 0 Å². The first kappa shape index (κ1) is 10.5. The topological polar surface area (TPSA) is 20.2 Å². The Bertz CT molecular complexity index is 256. The summed E-state index contributed by atoms with van der Waals surface area (Å²) >= 11 is 0. The highest BCUT2D eigenvalue weighted by Crippen LogP contribution is 2.11. The van der Waals surface area contributed by atoms with Gasteiger partial charge in [0, 0.05) is 5.73 Å². The molecule has 0 saturated carbocycles. The Morgan fingerprint density at radius 2 is 1.77 bits per heavy atom. The van der Waals surface area contributed by atoms with Crippen molar-refractivity contribution >= 4 is 13.3 Å². The summed E-state index contributed by atoms with van der Waals surface area (Å²) < 4.78 is 0. The molecule has 13 heavy (non-hydrogen) atoms. The van der Waals surface area contributed by atoms with Crippen molar-refractivity contribution < 1.29 is 5.11 Å². The summed E-state index contributed by atoms with van der Waals surface area (Å²) in [6, 6.07) is 10.4. The molecule has 1 aromatic carbocycles. The molecule has 0 spiro atoms. The van der Waals surface area contributed by atoms with E-state index in [1.807, 2.05) is 25.1 Å². The number of aliphatic hydroxyl groups excluding tert-OH is 1. The van der Waals surface area contributed by atoms with Gasteiger partial charge in [0.15, 0.2) is 0 Å². The minimum Gasteiger partial charge on any atom is -0.396 e. The molecule has 0 aliphatic heterocycles. The summed E-state index contributed by atoms with van der Waals surface area (Å²) in [4.78, 5) is 0. The highest BCUT2D eigenvalue weighted by Gasteiger charge is 2.30. The van der Waals surface area contributed by atoms with E-state index in [4.69, 9.17) is 0 Å². The van der Waals surface area contributed by atoms with E-state index in [0.29, 0.717) is 0 Å². The van der Waals surface area contributed by atoms with Crippen molar-refractivity contribution in [3.63, 3.8) is 0 Å². The number of benzene rings is 1. The number of aliphatic hydroxyl groups is 1. The van der Waals surface area contributed by atoms with Gasteiger partial charge in [-0.15, -0.1) is 0 Å². The van der Waals surface area contributed by atoms with Gasteiger partial charge in [0.05, 0.1) is 0 Å². The van der Waals surface area contributed by atoms with Gasteiger partial charge in [-0.1, -0.05) is 55.5 Å². The third-order valence-electron chi connectivity index (χ3n) is 2.74. The molecule has 0 aliphatic carbocycles. The van der Waals surface area contributed by atoms with Crippen LogP contribution in [0.3, 0.4) is 0 Å². The summed E-state index contributed by atoms with van der Waals surface area (Å²) in [6.45, 7) is 6.48. The second-order valence-electron chi connectivity index (χ2n) is 4.01. The van der Waals surface area contributed by atoms with Crippen molar-refractivity contribution in [2.45, 2.75) is 32.2 Å². The van der Waals surface area contributed by atoms with E-state index in [-0.39, 0.29) is 5.73 Å². The van der Waals surface area contributed by atoms with Gasteiger partial charge in [-0.2, -0.15) is 0 Å². The third kappa shape index (κ3) is 2.20. The minimum atomic E-state index is -1.63. The van der Waals surface area contributed by atoms with Crippen LogP contribution in [0, 0.1) is 0 Å². The van der Waals surface area contributed by atoms with Gasteiger partial charge in [-0.25, -0.2) is 0 Å². The number of hydrogen-bond donors (Lipinski definition) is 1. The maximum absolute atomic E-state index is 9.90. The maximum Gasteiger partial charge on any atom is 0.113 e. The van der Waals surface area contributed by atoms with E-state index < -0.39 is 8.07 Å². The van der Waals surface area contributed by atoms with Crippen molar-refractivity contribution in [1.82, 2.24) is 0 Å². The van der Waals surface area contributed by atoms with Crippen LogP contribution < -0.4 is 5.19 Å². The van der Waals surface area contributed by atoms with Gasteiger partial charge in [0.25, 0.3) is 0 Å². The number of rotatable bonds is 3. The molecular formula is C11H18OSi. The molecule has 1 N–H and O–H groups in total. The lowest BCUT2D eigenvalue weighted by Crippen LogP contribution is -2.52. The second-order valence-corrected chi connectivity index (χ2v) is 8.70. The van der Waals surface area contributed by atoms with Crippen LogP contribution in [0.25, 0.3) is 0 Å². The van der Waals surface area contributed by atoms with E-state index in [0.717, 1.165) is 6.42 Å². The zero-order chi connectivity index (χ0) is 9.90. The van der Waals surface area contributed by atoms with Crippen molar-refractivity contribution in [2.75, 3.05) is 0 Å². The smallest absolute Gasteiger partial charge is 0.113 e. The van der Waals surface area contributed by atoms with Gasteiger partial charge in [0.1, 0.15) is 8.07 Å². The van der Waals surface area contributed by atoms with Gasteiger partial charge >= 0.3 is 0 Å². The van der Waals surface area contributed by atoms with Crippen LogP contribution in [0.4, 0.5) is 0 Å². The molecule has 0 heterocycles. The molecule has 0 bridgehead atoms. The lowest BCUT2D eigenvalue weighted by atomic mass is 10.4. The van der Waals surface area contributed by atoms with Gasteiger partial charge in [-0.05, 0) is 6.42 Å². The predicted octanol–water partition coefficient (Wildman–Crippen LogP) is 1.91. The predicted molar refractivity (Wildman–Crippen MR) is 59.9 cm³/mol. The maximum atomic E-state index is 9.90. The van der Waals surface area contributed by atoms with Crippen LogP contribution in [0.2, 0.25) is 13.1 Å². The first-order valence-corrected chi connectivity index (χ1v) is 7.90. The Morgan fingerprint density at radius 3 is 2.23 bits per heavy atom. The monoisotopic (exact) mass is 194 g/mol. The third-order valence-corrected chi connectivity index (χ3v) is 6.63. The lowest BCUT2D eigenvalue weighted by molar-refractivity contribution is 0.241. The lowest BCUT2D eigenvalue weighted by Gasteiger charge is -2.28. The summed E-state index contributed by atoms with van der Waals surface area (Å²) in [7, 11) is -1.63. The Balaban J connectivity index is 2.93. The largest absolute Gasteiger partial charge is 0.396 e. The summed E-state index contributed by atoms with van der Waals surface area (Å²) in [5.74, 6) is 0. The molecule has 0 fully saturated rings. The molecule has 0 saturated heterocycles.